The maximum atomic E-state index is 4.66. The zero-order valence-corrected chi connectivity index (χ0v) is 17.8. The molecular weight excluding hydrogens is 384 g/mol. The molecule has 1 aromatic carbocycles. The number of rotatable bonds is 4. The minimum Gasteiger partial charge on any atom is -0.355 e. The van der Waals surface area contributed by atoms with Gasteiger partial charge in [0.15, 0.2) is 0 Å². The Hall–Kier alpha value is -2.02. The van der Waals surface area contributed by atoms with Crippen LogP contribution in [0.2, 0.25) is 0 Å². The number of hydrogen-bond donors (Lipinski definition) is 1. The quantitative estimate of drug-likeness (QED) is 0.434. The van der Waals surface area contributed by atoms with Crippen LogP contribution in [0.3, 0.4) is 0 Å². The second-order valence-corrected chi connectivity index (χ2v) is 9.54. The Balaban J connectivity index is 1.50. The van der Waals surface area contributed by atoms with E-state index in [1.165, 1.54) is 40.8 Å². The van der Waals surface area contributed by atoms with Crippen molar-refractivity contribution in [3.05, 3.63) is 46.9 Å². The summed E-state index contributed by atoms with van der Waals surface area (Å²) in [5, 5.41) is 4.83. The average molecular weight is 409 g/mol. The van der Waals surface area contributed by atoms with E-state index in [0.717, 1.165) is 21.7 Å². The van der Waals surface area contributed by atoms with E-state index in [2.05, 4.69) is 64.5 Å². The molecule has 0 aliphatic carbocycles. The number of piperidine rings is 1. The summed E-state index contributed by atoms with van der Waals surface area (Å²) in [5.41, 5.74) is 5.14. The lowest BCUT2D eigenvalue weighted by Gasteiger charge is -2.38. The van der Waals surface area contributed by atoms with Crippen molar-refractivity contribution in [2.24, 2.45) is 0 Å². The van der Waals surface area contributed by atoms with Crippen molar-refractivity contribution in [1.29, 1.82) is 0 Å². The second kappa shape index (κ2) is 7.43. The highest BCUT2D eigenvalue weighted by molar-refractivity contribution is 7.18. The molecule has 1 aliphatic heterocycles. The van der Waals surface area contributed by atoms with Gasteiger partial charge in [-0.2, -0.15) is 0 Å². The minimum atomic E-state index is 0.613. The molecule has 28 heavy (non-hydrogen) atoms. The number of fused-ring (bicyclic) bond motifs is 2. The largest absolute Gasteiger partial charge is 0.355 e. The van der Waals surface area contributed by atoms with Crippen molar-refractivity contribution in [3.63, 3.8) is 0 Å². The van der Waals surface area contributed by atoms with Crippen LogP contribution in [0.4, 0.5) is 11.4 Å². The number of likely N-dealkylation sites (N-methyl/N-ethyl adjacent to an activating group) is 1. The number of thiophene rings is 1. The highest BCUT2D eigenvalue weighted by Gasteiger charge is 2.30. The van der Waals surface area contributed by atoms with Gasteiger partial charge in [0.05, 0.1) is 21.4 Å². The van der Waals surface area contributed by atoms with E-state index in [0.29, 0.717) is 12.0 Å². The van der Waals surface area contributed by atoms with Crippen molar-refractivity contribution >= 4 is 54.5 Å². The smallest absolute Gasteiger partial charge is 0.125 e. The van der Waals surface area contributed by atoms with Gasteiger partial charge in [0, 0.05) is 34.1 Å². The third-order valence-electron chi connectivity index (χ3n) is 5.90. The summed E-state index contributed by atoms with van der Waals surface area (Å²) in [5.74, 6) is 0.613. The topological polar surface area (TPSA) is 41.1 Å². The maximum absolute atomic E-state index is 4.66. The van der Waals surface area contributed by atoms with Crippen LogP contribution in [0, 0.1) is 0 Å². The number of aromatic nitrogens is 2. The van der Waals surface area contributed by atoms with Crippen LogP contribution in [0.5, 0.6) is 0 Å². The van der Waals surface area contributed by atoms with Crippen molar-refractivity contribution in [1.82, 2.24) is 14.9 Å². The molecule has 4 nitrogen and oxygen atoms in total. The van der Waals surface area contributed by atoms with Gasteiger partial charge in [-0.25, -0.2) is 9.97 Å². The van der Waals surface area contributed by atoms with E-state index in [4.69, 9.17) is 0 Å². The molecule has 0 spiro atoms. The second-order valence-electron chi connectivity index (χ2n) is 7.59. The molecule has 2 atom stereocenters. The highest BCUT2D eigenvalue weighted by atomic mass is 32.1. The molecule has 1 saturated heterocycles. The van der Waals surface area contributed by atoms with Gasteiger partial charge in [-0.15, -0.1) is 22.7 Å². The van der Waals surface area contributed by atoms with Crippen LogP contribution >= 0.6 is 22.7 Å². The molecule has 1 N–H and O–H groups in total. The fourth-order valence-electron chi connectivity index (χ4n) is 4.50. The van der Waals surface area contributed by atoms with Crippen LogP contribution < -0.4 is 5.32 Å². The number of likely N-dealkylation sites (tertiary alicyclic amines) is 1. The van der Waals surface area contributed by atoms with Gasteiger partial charge in [-0.1, -0.05) is 6.92 Å². The third-order valence-corrected chi connectivity index (χ3v) is 7.89. The molecule has 1 aliphatic rings. The molecule has 4 heterocycles. The Morgan fingerprint density at radius 3 is 3.04 bits per heavy atom. The zero-order chi connectivity index (χ0) is 19.1. The highest BCUT2D eigenvalue weighted by Crippen LogP contribution is 2.41. The monoisotopic (exact) mass is 408 g/mol. The molecule has 4 aromatic rings. The Bertz CT molecular complexity index is 1120. The summed E-state index contributed by atoms with van der Waals surface area (Å²) in [7, 11) is 2.27. The fraction of sp³-hybridized carbons (Fsp3) is 0.364. The Labute approximate surface area is 173 Å². The number of pyridine rings is 1. The minimum absolute atomic E-state index is 0.613. The van der Waals surface area contributed by atoms with Crippen molar-refractivity contribution < 1.29 is 0 Å². The van der Waals surface area contributed by atoms with Gasteiger partial charge in [0.1, 0.15) is 4.83 Å². The molecule has 5 rings (SSSR count). The van der Waals surface area contributed by atoms with E-state index in [1.54, 1.807) is 11.3 Å². The van der Waals surface area contributed by atoms with Crippen LogP contribution in [0.15, 0.2) is 42.0 Å². The summed E-state index contributed by atoms with van der Waals surface area (Å²) in [6.07, 6.45) is 5.66. The number of benzene rings is 1. The van der Waals surface area contributed by atoms with Crippen molar-refractivity contribution in [3.8, 4) is 0 Å². The van der Waals surface area contributed by atoms with Crippen LogP contribution in [0.1, 0.15) is 37.0 Å². The third kappa shape index (κ3) is 3.19. The van der Waals surface area contributed by atoms with Gasteiger partial charge >= 0.3 is 0 Å². The summed E-state index contributed by atoms with van der Waals surface area (Å²) in [4.78, 5) is 14.2. The predicted octanol–water partition coefficient (Wildman–Crippen LogP) is 6.24. The van der Waals surface area contributed by atoms with E-state index in [-0.39, 0.29) is 0 Å². The Morgan fingerprint density at radius 1 is 1.21 bits per heavy atom. The zero-order valence-electron chi connectivity index (χ0n) is 16.2. The first kappa shape index (κ1) is 18.0. The summed E-state index contributed by atoms with van der Waals surface area (Å²) in [6, 6.07) is 11.5. The molecule has 0 bridgehead atoms. The number of thiazole rings is 1. The fourth-order valence-corrected chi connectivity index (χ4v) is 6.37. The van der Waals surface area contributed by atoms with Crippen molar-refractivity contribution in [2.45, 2.75) is 38.1 Å². The van der Waals surface area contributed by atoms with Gasteiger partial charge < -0.3 is 10.2 Å². The lowest BCUT2D eigenvalue weighted by molar-refractivity contribution is 0.157. The summed E-state index contributed by atoms with van der Waals surface area (Å²) in [6.45, 7) is 3.52. The molecule has 1 fully saturated rings. The molecule has 3 aromatic heterocycles. The van der Waals surface area contributed by atoms with Crippen molar-refractivity contribution in [2.75, 3.05) is 18.9 Å². The summed E-state index contributed by atoms with van der Waals surface area (Å²) >= 11 is 3.54. The predicted molar refractivity (Wildman–Crippen MR) is 121 cm³/mol. The first-order chi connectivity index (χ1) is 13.7. The maximum Gasteiger partial charge on any atom is 0.125 e. The van der Waals surface area contributed by atoms with E-state index in [1.807, 2.05) is 23.0 Å². The number of nitrogens with one attached hydrogen (secondary N) is 1. The number of nitrogens with zero attached hydrogens (tertiary/aromatic N) is 3. The molecule has 2 unspecified atom stereocenters. The lowest BCUT2D eigenvalue weighted by atomic mass is 9.86. The van der Waals surface area contributed by atoms with Gasteiger partial charge in [-0.05, 0) is 63.2 Å². The van der Waals surface area contributed by atoms with E-state index >= 15 is 0 Å². The SMILES string of the molecule is CCC1C(c2cc3c(Nc4ccc5scnc5c4)ccnc3s2)CCCN1C. The molecule has 0 radical (unpaired) electrons. The normalized spacial score (nSPS) is 20.8. The molecular formula is C22H24N4S2. The molecule has 0 amide bonds. The van der Waals surface area contributed by atoms with Gasteiger partial charge in [-0.3, -0.25) is 0 Å². The summed E-state index contributed by atoms with van der Waals surface area (Å²) < 4.78 is 1.22. The average Bonchev–Trinajstić information content (AvgIpc) is 3.34. The molecule has 0 saturated carbocycles. The standard InChI is InChI=1S/C22H24N4S2/c1-3-19-15(5-4-10-26(19)2)21-12-16-17(8-9-23-22(16)28-21)25-14-6-7-20-18(11-14)24-13-27-20/h6-9,11-13,15,19H,3-5,10H2,1-2H3,(H,23,25). The molecule has 6 heteroatoms. The first-order valence-electron chi connectivity index (χ1n) is 9.92. The van der Waals surface area contributed by atoms with Gasteiger partial charge in [0.2, 0.25) is 0 Å². The number of anilines is 2. The Morgan fingerprint density at radius 2 is 2.14 bits per heavy atom. The van der Waals surface area contributed by atoms with Crippen LogP contribution in [-0.2, 0) is 0 Å². The Kier molecular flexibility index (Phi) is 4.78. The lowest BCUT2D eigenvalue weighted by Crippen LogP contribution is -2.40. The van der Waals surface area contributed by atoms with Gasteiger partial charge in [0.25, 0.3) is 0 Å². The van der Waals surface area contributed by atoms with E-state index < -0.39 is 0 Å². The first-order valence-corrected chi connectivity index (χ1v) is 11.6. The van der Waals surface area contributed by atoms with E-state index in [9.17, 15) is 0 Å². The van der Waals surface area contributed by atoms with Crippen LogP contribution in [0.25, 0.3) is 20.4 Å². The van der Waals surface area contributed by atoms with Crippen LogP contribution in [-0.4, -0.2) is 34.5 Å². The molecule has 144 valence electrons. The number of hydrogen-bond acceptors (Lipinski definition) is 6.